The molecule has 164 valence electrons. The zero-order valence-electron chi connectivity index (χ0n) is 17.6. The molecule has 0 amide bonds. The van der Waals surface area contributed by atoms with Gasteiger partial charge in [0.1, 0.15) is 6.10 Å². The third-order valence-corrected chi connectivity index (χ3v) is 6.82. The van der Waals surface area contributed by atoms with Crippen LogP contribution in [0.3, 0.4) is 0 Å². The lowest BCUT2D eigenvalue weighted by Crippen LogP contribution is -2.40. The molecule has 0 radical (unpaired) electrons. The first-order valence-electron chi connectivity index (χ1n) is 10.7. The average molecular weight is 419 g/mol. The van der Waals surface area contributed by atoms with E-state index >= 15 is 0 Å². The van der Waals surface area contributed by atoms with Crippen molar-refractivity contribution >= 4 is 17.9 Å². The summed E-state index contributed by atoms with van der Waals surface area (Å²) >= 11 is 0. The topological polar surface area (TPSA) is 102 Å². The molecule has 4 aliphatic rings. The fraction of sp³-hybridized carbons (Fsp3) is 0.682. The summed E-state index contributed by atoms with van der Waals surface area (Å²) in [7, 11) is 0. The van der Waals surface area contributed by atoms with Crippen molar-refractivity contribution in [2.45, 2.75) is 64.4 Å². The van der Waals surface area contributed by atoms with Crippen molar-refractivity contribution in [2.75, 3.05) is 13.1 Å². The van der Waals surface area contributed by atoms with Crippen LogP contribution in [0.4, 0.5) is 0 Å². The highest BCUT2D eigenvalue weighted by Gasteiger charge is 2.58. The molecule has 0 bridgehead atoms. The molecule has 0 aromatic rings. The average Bonchev–Trinajstić information content (AvgIpc) is 3.19. The first-order chi connectivity index (χ1) is 14.2. The second kappa shape index (κ2) is 7.72. The number of ether oxygens (including phenoxy) is 3. The summed E-state index contributed by atoms with van der Waals surface area (Å²) in [4.78, 5) is 37.6. The lowest BCUT2D eigenvalue weighted by Gasteiger charge is -2.34. The van der Waals surface area contributed by atoms with Crippen LogP contribution in [0.15, 0.2) is 23.4 Å². The Labute approximate surface area is 175 Å². The minimum Gasteiger partial charge on any atom is -0.478 e. The summed E-state index contributed by atoms with van der Waals surface area (Å²) in [5.74, 6) is -2.94. The van der Waals surface area contributed by atoms with Gasteiger partial charge in [0.25, 0.3) is 0 Å². The van der Waals surface area contributed by atoms with Crippen molar-refractivity contribution in [1.82, 2.24) is 4.90 Å². The van der Waals surface area contributed by atoms with Crippen LogP contribution in [-0.2, 0) is 28.6 Å². The van der Waals surface area contributed by atoms with Crippen LogP contribution in [-0.4, -0.2) is 59.0 Å². The maximum atomic E-state index is 12.1. The van der Waals surface area contributed by atoms with Gasteiger partial charge < -0.3 is 24.2 Å². The lowest BCUT2D eigenvalue weighted by molar-refractivity contribution is -0.204. The quantitative estimate of drug-likeness (QED) is 0.547. The third kappa shape index (κ3) is 3.51. The van der Waals surface area contributed by atoms with E-state index in [1.165, 1.54) is 6.08 Å². The van der Waals surface area contributed by atoms with Gasteiger partial charge in [0.05, 0.1) is 17.7 Å². The standard InChI is InChI=1S/C22H29NO7/c1-4-15-14-11-23(16(9-19(24)25)18-8-12(2)20(26)28-18)7-5-6-17(14)29-22(15)10-13(3)21(27)30-22/h9-10,12,14-15,17-18H,4-8,11H2,1-3H3,(H,24,25)/b16-9+/t12-,14-,15-,17+,18-,22-/m0/s1. The number of cyclic esters (lactones) is 1. The van der Waals surface area contributed by atoms with Crippen LogP contribution in [0, 0.1) is 17.8 Å². The molecule has 8 heteroatoms. The molecule has 0 aromatic heterocycles. The molecular weight excluding hydrogens is 390 g/mol. The molecule has 0 unspecified atom stereocenters. The molecule has 4 aliphatic heterocycles. The molecule has 4 rings (SSSR count). The van der Waals surface area contributed by atoms with Crippen molar-refractivity contribution in [2.24, 2.45) is 17.8 Å². The number of hydrogen-bond acceptors (Lipinski definition) is 7. The number of carboxylic acid groups (broad SMARTS) is 1. The molecule has 3 saturated heterocycles. The number of carbonyl (C=O) groups excluding carboxylic acids is 2. The van der Waals surface area contributed by atoms with Gasteiger partial charge in [-0.05, 0) is 32.3 Å². The summed E-state index contributed by atoms with van der Waals surface area (Å²) in [6.07, 6.45) is 5.18. The predicted octanol–water partition coefficient (Wildman–Crippen LogP) is 2.24. The monoisotopic (exact) mass is 419 g/mol. The molecule has 1 N–H and O–H groups in total. The van der Waals surface area contributed by atoms with E-state index in [0.29, 0.717) is 30.8 Å². The number of fused-ring (bicyclic) bond motifs is 1. The summed E-state index contributed by atoms with van der Waals surface area (Å²) in [5.41, 5.74) is 1.09. The number of esters is 2. The molecule has 0 saturated carbocycles. The second-order valence-electron chi connectivity index (χ2n) is 8.83. The Bertz CT molecular complexity index is 818. The Morgan fingerprint density at radius 3 is 2.73 bits per heavy atom. The fourth-order valence-corrected chi connectivity index (χ4v) is 5.41. The van der Waals surface area contributed by atoms with E-state index < -0.39 is 17.9 Å². The van der Waals surface area contributed by atoms with E-state index in [9.17, 15) is 19.5 Å². The Morgan fingerprint density at radius 1 is 1.40 bits per heavy atom. The molecule has 3 fully saturated rings. The number of rotatable bonds is 4. The Kier molecular flexibility index (Phi) is 5.38. The number of aliphatic carboxylic acids is 1. The van der Waals surface area contributed by atoms with E-state index in [-0.39, 0.29) is 35.8 Å². The third-order valence-electron chi connectivity index (χ3n) is 6.82. The smallest absolute Gasteiger partial charge is 0.336 e. The van der Waals surface area contributed by atoms with Gasteiger partial charge in [-0.15, -0.1) is 0 Å². The van der Waals surface area contributed by atoms with Crippen LogP contribution < -0.4 is 0 Å². The fourth-order valence-electron chi connectivity index (χ4n) is 5.41. The lowest BCUT2D eigenvalue weighted by atomic mass is 9.82. The molecular formula is C22H29NO7. The molecule has 8 nitrogen and oxygen atoms in total. The molecule has 1 spiro atoms. The zero-order chi connectivity index (χ0) is 21.6. The van der Waals surface area contributed by atoms with Gasteiger partial charge in [-0.3, -0.25) is 4.79 Å². The summed E-state index contributed by atoms with van der Waals surface area (Å²) in [6, 6.07) is 0. The van der Waals surface area contributed by atoms with Gasteiger partial charge in [-0.1, -0.05) is 13.8 Å². The van der Waals surface area contributed by atoms with Crippen molar-refractivity contribution in [3.63, 3.8) is 0 Å². The first-order valence-corrected chi connectivity index (χ1v) is 10.7. The predicted molar refractivity (Wildman–Crippen MR) is 105 cm³/mol. The van der Waals surface area contributed by atoms with Crippen LogP contribution in [0.2, 0.25) is 0 Å². The van der Waals surface area contributed by atoms with Crippen LogP contribution >= 0.6 is 0 Å². The van der Waals surface area contributed by atoms with Crippen molar-refractivity contribution in [3.05, 3.63) is 23.4 Å². The first kappa shape index (κ1) is 20.9. The minimum atomic E-state index is -1.06. The molecule has 4 heterocycles. The highest BCUT2D eigenvalue weighted by molar-refractivity contribution is 5.90. The van der Waals surface area contributed by atoms with Crippen molar-refractivity contribution in [3.8, 4) is 0 Å². The normalized spacial score (nSPS) is 38.9. The number of nitrogens with zero attached hydrogens (tertiary/aromatic N) is 1. The molecule has 6 atom stereocenters. The van der Waals surface area contributed by atoms with Crippen LogP contribution in [0.1, 0.15) is 46.5 Å². The maximum absolute atomic E-state index is 12.1. The van der Waals surface area contributed by atoms with Crippen LogP contribution in [0.5, 0.6) is 0 Å². The molecule has 0 aliphatic carbocycles. The highest BCUT2D eigenvalue weighted by atomic mass is 16.7. The Morgan fingerprint density at radius 2 is 2.17 bits per heavy atom. The van der Waals surface area contributed by atoms with Crippen LogP contribution in [0.25, 0.3) is 0 Å². The number of likely N-dealkylation sites (tertiary alicyclic amines) is 1. The van der Waals surface area contributed by atoms with Gasteiger partial charge in [0.2, 0.25) is 5.79 Å². The van der Waals surface area contributed by atoms with Gasteiger partial charge in [0.15, 0.2) is 0 Å². The molecule has 30 heavy (non-hydrogen) atoms. The van der Waals surface area contributed by atoms with E-state index in [4.69, 9.17) is 14.2 Å². The Hall–Kier alpha value is -2.35. The summed E-state index contributed by atoms with van der Waals surface area (Å²) in [5, 5.41) is 9.45. The van der Waals surface area contributed by atoms with E-state index in [2.05, 4.69) is 6.92 Å². The van der Waals surface area contributed by atoms with Gasteiger partial charge >= 0.3 is 17.9 Å². The summed E-state index contributed by atoms with van der Waals surface area (Å²) in [6.45, 7) is 6.81. The Balaban J connectivity index is 1.62. The van der Waals surface area contributed by atoms with Crippen molar-refractivity contribution < 1.29 is 33.7 Å². The summed E-state index contributed by atoms with van der Waals surface area (Å²) < 4.78 is 17.5. The van der Waals surface area contributed by atoms with Crippen molar-refractivity contribution in [1.29, 1.82) is 0 Å². The van der Waals surface area contributed by atoms with Gasteiger partial charge in [-0.2, -0.15) is 0 Å². The van der Waals surface area contributed by atoms with E-state index in [1.807, 2.05) is 4.90 Å². The second-order valence-corrected chi connectivity index (χ2v) is 8.83. The zero-order valence-corrected chi connectivity index (χ0v) is 17.6. The largest absolute Gasteiger partial charge is 0.478 e. The van der Waals surface area contributed by atoms with Gasteiger partial charge in [-0.25, -0.2) is 9.59 Å². The minimum absolute atomic E-state index is 0.0272. The molecule has 0 aromatic carbocycles. The SMILES string of the molecule is CC[C@H]1[C@@H]2CN(/C(=C/C(=O)O)[C@@H]3C[C@H](C)C(=O)O3)CCC[C@H]2O[C@]12C=C(C)C(=O)O2. The number of carbonyl (C=O) groups is 3. The number of hydrogen-bond donors (Lipinski definition) is 1. The van der Waals surface area contributed by atoms with Gasteiger partial charge in [0, 0.05) is 43.0 Å². The van der Waals surface area contributed by atoms with E-state index in [1.54, 1.807) is 19.9 Å². The number of carboxylic acids is 1. The maximum Gasteiger partial charge on any atom is 0.336 e. The highest BCUT2D eigenvalue weighted by Crippen LogP contribution is 2.50. The van der Waals surface area contributed by atoms with E-state index in [0.717, 1.165) is 19.3 Å².